The molecule has 15 heavy (non-hydrogen) atoms. The van der Waals surface area contributed by atoms with Crippen LogP contribution >= 0.6 is 34.7 Å². The van der Waals surface area contributed by atoms with Crippen molar-refractivity contribution >= 4 is 34.7 Å². The second-order valence-corrected chi connectivity index (χ2v) is 6.40. The molecule has 84 valence electrons. The average molecular weight is 262 g/mol. The molecule has 1 fully saturated rings. The Hall–Kier alpha value is 0.270. The van der Waals surface area contributed by atoms with E-state index < -0.39 is 0 Å². The molecule has 0 amide bonds. The van der Waals surface area contributed by atoms with Crippen LogP contribution in [0.5, 0.6) is 0 Å². The molecule has 0 saturated carbocycles. The zero-order valence-electron chi connectivity index (χ0n) is 8.75. The van der Waals surface area contributed by atoms with Gasteiger partial charge in [-0.1, -0.05) is 6.42 Å². The Bertz CT molecular complexity index is 295. The smallest absolute Gasteiger partial charge is 0.106 e. The van der Waals surface area contributed by atoms with Crippen LogP contribution in [0.1, 0.15) is 41.6 Å². The highest BCUT2D eigenvalue weighted by atomic mass is 35.5. The topological polar surface area (TPSA) is 12.9 Å². The Morgan fingerprint density at radius 3 is 3.13 bits per heavy atom. The summed E-state index contributed by atoms with van der Waals surface area (Å²) in [7, 11) is 0. The van der Waals surface area contributed by atoms with E-state index >= 15 is 0 Å². The molecule has 0 spiro atoms. The van der Waals surface area contributed by atoms with Crippen molar-refractivity contribution in [1.82, 2.24) is 4.98 Å². The Morgan fingerprint density at radius 2 is 2.40 bits per heavy atom. The first-order chi connectivity index (χ1) is 7.40. The Morgan fingerprint density at radius 1 is 1.47 bits per heavy atom. The van der Waals surface area contributed by atoms with Crippen LogP contribution in [-0.4, -0.2) is 16.6 Å². The summed E-state index contributed by atoms with van der Waals surface area (Å²) in [6, 6.07) is 0. The minimum Gasteiger partial charge on any atom is -0.245 e. The Kier molecular flexibility index (Phi) is 4.79. The van der Waals surface area contributed by atoms with Crippen LogP contribution in [0, 0.1) is 0 Å². The van der Waals surface area contributed by atoms with Gasteiger partial charge in [0, 0.05) is 11.3 Å². The van der Waals surface area contributed by atoms with Crippen molar-refractivity contribution in [2.45, 2.75) is 37.4 Å². The van der Waals surface area contributed by atoms with Crippen molar-refractivity contribution in [1.29, 1.82) is 0 Å². The van der Waals surface area contributed by atoms with Crippen LogP contribution < -0.4 is 0 Å². The predicted octanol–water partition coefficient (Wildman–Crippen LogP) is 4.27. The number of hydrogen-bond acceptors (Lipinski definition) is 3. The van der Waals surface area contributed by atoms with Gasteiger partial charge in [-0.3, -0.25) is 0 Å². The van der Waals surface area contributed by atoms with Crippen molar-refractivity contribution in [2.75, 3.05) is 11.6 Å². The molecule has 0 aromatic carbocycles. The fourth-order valence-corrected chi connectivity index (χ4v) is 4.32. The highest BCUT2D eigenvalue weighted by Crippen LogP contribution is 2.39. The summed E-state index contributed by atoms with van der Waals surface area (Å²) in [5, 5.41) is 4.22. The molecule has 4 heteroatoms. The van der Waals surface area contributed by atoms with E-state index in [1.807, 2.05) is 11.3 Å². The van der Waals surface area contributed by atoms with E-state index in [0.29, 0.717) is 5.25 Å². The van der Waals surface area contributed by atoms with Gasteiger partial charge in [0.25, 0.3) is 0 Å². The van der Waals surface area contributed by atoms with Crippen LogP contribution in [0.15, 0.2) is 5.38 Å². The van der Waals surface area contributed by atoms with Gasteiger partial charge < -0.3 is 0 Å². The normalized spacial score (nSPS) is 21.8. The van der Waals surface area contributed by atoms with Crippen molar-refractivity contribution < 1.29 is 0 Å². The van der Waals surface area contributed by atoms with E-state index in [-0.39, 0.29) is 0 Å². The van der Waals surface area contributed by atoms with E-state index in [2.05, 4.69) is 17.1 Å². The second kappa shape index (κ2) is 6.12. The summed E-state index contributed by atoms with van der Waals surface area (Å²) in [4.78, 5) is 4.71. The molecule has 1 nitrogen and oxygen atoms in total. The molecule has 1 unspecified atom stereocenters. The zero-order valence-corrected chi connectivity index (χ0v) is 11.1. The van der Waals surface area contributed by atoms with Gasteiger partial charge in [-0.15, -0.1) is 22.9 Å². The van der Waals surface area contributed by atoms with Crippen LogP contribution in [0.4, 0.5) is 0 Å². The van der Waals surface area contributed by atoms with Crippen LogP contribution in [0.25, 0.3) is 0 Å². The third-order valence-electron chi connectivity index (χ3n) is 2.59. The molecule has 1 aliphatic heterocycles. The van der Waals surface area contributed by atoms with Gasteiger partial charge in [0.1, 0.15) is 5.01 Å². The van der Waals surface area contributed by atoms with Gasteiger partial charge in [0.05, 0.1) is 10.9 Å². The van der Waals surface area contributed by atoms with Gasteiger partial charge in [-0.2, -0.15) is 11.8 Å². The lowest BCUT2D eigenvalue weighted by atomic mass is 10.2. The quantitative estimate of drug-likeness (QED) is 0.751. The summed E-state index contributed by atoms with van der Waals surface area (Å²) in [5.41, 5.74) is 1.24. The molecule has 1 aliphatic rings. The number of aryl methyl sites for hydroxylation is 1. The predicted molar refractivity (Wildman–Crippen MR) is 70.2 cm³/mol. The van der Waals surface area contributed by atoms with Crippen molar-refractivity contribution in [3.05, 3.63) is 16.1 Å². The maximum absolute atomic E-state index is 5.68. The third kappa shape index (κ3) is 3.36. The van der Waals surface area contributed by atoms with E-state index in [1.165, 1.54) is 35.7 Å². The van der Waals surface area contributed by atoms with Gasteiger partial charge >= 0.3 is 0 Å². The number of hydrogen-bond donors (Lipinski definition) is 0. The molecule has 0 radical (unpaired) electrons. The lowest BCUT2D eigenvalue weighted by Gasteiger charge is -2.18. The number of alkyl halides is 1. The number of thioether (sulfide) groups is 1. The van der Waals surface area contributed by atoms with Gasteiger partial charge in [-0.25, -0.2) is 4.98 Å². The lowest BCUT2D eigenvalue weighted by molar-refractivity contribution is 0.681. The fraction of sp³-hybridized carbons (Fsp3) is 0.727. The summed E-state index contributed by atoms with van der Waals surface area (Å²) >= 11 is 9.59. The van der Waals surface area contributed by atoms with E-state index in [1.54, 1.807) is 0 Å². The number of nitrogens with zero attached hydrogens (tertiary/aromatic N) is 1. The highest BCUT2D eigenvalue weighted by molar-refractivity contribution is 7.99. The van der Waals surface area contributed by atoms with Crippen molar-refractivity contribution in [3.8, 4) is 0 Å². The van der Waals surface area contributed by atoms with Crippen LogP contribution in [-0.2, 0) is 6.42 Å². The first-order valence-electron chi connectivity index (χ1n) is 5.52. The van der Waals surface area contributed by atoms with E-state index in [4.69, 9.17) is 16.6 Å². The zero-order chi connectivity index (χ0) is 10.5. The SMILES string of the molecule is ClCCCc1csc(C2CCCCS2)n1. The molecular formula is C11H16ClNS2. The van der Waals surface area contributed by atoms with Gasteiger partial charge in [0.2, 0.25) is 0 Å². The molecule has 2 rings (SSSR count). The molecule has 0 aliphatic carbocycles. The lowest BCUT2D eigenvalue weighted by Crippen LogP contribution is -2.01. The molecule has 0 N–H and O–H groups in total. The Labute approximate surface area is 105 Å². The molecule has 1 atom stereocenters. The maximum atomic E-state index is 5.68. The maximum Gasteiger partial charge on any atom is 0.106 e. The molecule has 1 aromatic rings. The highest BCUT2D eigenvalue weighted by Gasteiger charge is 2.18. The minimum atomic E-state index is 0.675. The number of halogens is 1. The average Bonchev–Trinajstić information content (AvgIpc) is 2.76. The summed E-state index contributed by atoms with van der Waals surface area (Å²) in [6.07, 6.45) is 6.15. The van der Waals surface area contributed by atoms with E-state index in [9.17, 15) is 0 Å². The molecular weight excluding hydrogens is 246 g/mol. The second-order valence-electron chi connectivity index (χ2n) is 3.82. The van der Waals surface area contributed by atoms with E-state index in [0.717, 1.165) is 18.7 Å². The van der Waals surface area contributed by atoms with Crippen molar-refractivity contribution in [3.63, 3.8) is 0 Å². The molecule has 2 heterocycles. The largest absolute Gasteiger partial charge is 0.245 e. The summed E-state index contributed by atoms with van der Waals surface area (Å²) in [5.74, 6) is 2.05. The molecule has 1 aromatic heterocycles. The first kappa shape index (κ1) is 11.7. The first-order valence-corrected chi connectivity index (χ1v) is 7.98. The third-order valence-corrected chi connectivity index (χ3v) is 5.40. The summed E-state index contributed by atoms with van der Waals surface area (Å²) < 4.78 is 0. The molecule has 0 bridgehead atoms. The van der Waals surface area contributed by atoms with Crippen molar-refractivity contribution in [2.24, 2.45) is 0 Å². The minimum absolute atomic E-state index is 0.675. The molecule has 1 saturated heterocycles. The number of rotatable bonds is 4. The van der Waals surface area contributed by atoms with Crippen LogP contribution in [0.2, 0.25) is 0 Å². The number of thiazole rings is 1. The van der Waals surface area contributed by atoms with Gasteiger partial charge in [0.15, 0.2) is 0 Å². The van der Waals surface area contributed by atoms with Crippen LogP contribution in [0.3, 0.4) is 0 Å². The fourth-order valence-electron chi connectivity index (χ4n) is 1.77. The monoisotopic (exact) mass is 261 g/mol. The Balaban J connectivity index is 1.93. The standard InChI is InChI=1S/C11H16ClNS2/c12-6-3-4-9-8-15-11(13-9)10-5-1-2-7-14-10/h8,10H,1-7H2. The number of aromatic nitrogens is 1. The summed E-state index contributed by atoms with van der Waals surface area (Å²) in [6.45, 7) is 0. The van der Waals surface area contributed by atoms with Gasteiger partial charge in [-0.05, 0) is 31.4 Å².